The van der Waals surface area contributed by atoms with Gasteiger partial charge in [-0.15, -0.1) is 0 Å². The Balaban J connectivity index is 2.13. The highest BCUT2D eigenvalue weighted by molar-refractivity contribution is 8.00. The molecule has 1 saturated heterocycles. The number of thioether (sulfide) groups is 1. The Labute approximate surface area is 103 Å². The average molecular weight is 249 g/mol. The second kappa shape index (κ2) is 4.73. The van der Waals surface area contributed by atoms with Crippen LogP contribution < -0.4 is 5.32 Å². The first-order valence-electron chi connectivity index (χ1n) is 5.11. The molecule has 2 rings (SSSR count). The van der Waals surface area contributed by atoms with Crippen LogP contribution in [0.2, 0.25) is 0 Å². The maximum absolute atomic E-state index is 10.8. The van der Waals surface area contributed by atoms with Gasteiger partial charge in [0.1, 0.15) is 0 Å². The number of aliphatic carboxylic acids is 1. The summed E-state index contributed by atoms with van der Waals surface area (Å²) in [7, 11) is 0. The van der Waals surface area contributed by atoms with Gasteiger partial charge in [0.2, 0.25) is 0 Å². The van der Waals surface area contributed by atoms with E-state index in [9.17, 15) is 4.79 Å². The highest BCUT2D eigenvalue weighted by atomic mass is 32.2. The monoisotopic (exact) mass is 249 g/mol. The van der Waals surface area contributed by atoms with Gasteiger partial charge in [0.25, 0.3) is 0 Å². The van der Waals surface area contributed by atoms with Gasteiger partial charge in [0, 0.05) is 19.3 Å². The van der Waals surface area contributed by atoms with Gasteiger partial charge in [-0.25, -0.2) is 4.98 Å². The first-order valence-corrected chi connectivity index (χ1v) is 5.93. The molecule has 0 aliphatic carbocycles. The standard InChI is InChI=1S/C11H11N3O2S/c12-5-8-1-2-14-9(3-8)17-11(4-10(15)16)6-13-7-11/h1-3,13H,4,6-7H2,(H,15,16). The van der Waals surface area contributed by atoms with Crippen molar-refractivity contribution in [3.8, 4) is 6.07 Å². The quantitative estimate of drug-likeness (QED) is 0.823. The van der Waals surface area contributed by atoms with Crippen molar-refractivity contribution < 1.29 is 9.90 Å². The lowest BCUT2D eigenvalue weighted by Gasteiger charge is -2.40. The van der Waals surface area contributed by atoms with E-state index >= 15 is 0 Å². The zero-order valence-electron chi connectivity index (χ0n) is 9.01. The van der Waals surface area contributed by atoms with Crippen LogP contribution in [0.5, 0.6) is 0 Å². The van der Waals surface area contributed by atoms with E-state index in [0.717, 1.165) is 0 Å². The smallest absolute Gasteiger partial charge is 0.304 e. The molecule has 0 unspecified atom stereocenters. The number of pyridine rings is 1. The number of nitriles is 1. The number of hydrogen-bond acceptors (Lipinski definition) is 5. The van der Waals surface area contributed by atoms with Crippen molar-refractivity contribution in [2.45, 2.75) is 16.2 Å². The summed E-state index contributed by atoms with van der Waals surface area (Å²) in [6.45, 7) is 1.31. The van der Waals surface area contributed by atoms with Crippen molar-refractivity contribution >= 4 is 17.7 Å². The largest absolute Gasteiger partial charge is 0.481 e. The number of carbonyl (C=O) groups is 1. The van der Waals surface area contributed by atoms with E-state index < -0.39 is 5.97 Å². The number of nitrogens with one attached hydrogen (secondary N) is 1. The van der Waals surface area contributed by atoms with E-state index in [1.54, 1.807) is 18.3 Å². The molecular formula is C11H11N3O2S. The molecule has 0 amide bonds. The van der Waals surface area contributed by atoms with Crippen LogP contribution in [-0.2, 0) is 4.79 Å². The third kappa shape index (κ3) is 2.75. The minimum Gasteiger partial charge on any atom is -0.481 e. The number of aromatic nitrogens is 1. The summed E-state index contributed by atoms with van der Waals surface area (Å²) >= 11 is 1.43. The molecule has 2 N–H and O–H groups in total. The van der Waals surface area contributed by atoms with E-state index in [0.29, 0.717) is 23.7 Å². The summed E-state index contributed by atoms with van der Waals surface area (Å²) in [6, 6.07) is 5.36. The van der Waals surface area contributed by atoms with Gasteiger partial charge in [-0.3, -0.25) is 4.79 Å². The number of carboxylic acid groups (broad SMARTS) is 1. The summed E-state index contributed by atoms with van der Waals surface area (Å²) < 4.78 is -0.326. The Bertz CT molecular complexity index is 480. The van der Waals surface area contributed by atoms with Gasteiger partial charge < -0.3 is 10.4 Å². The highest BCUT2D eigenvalue weighted by Crippen LogP contribution is 2.37. The van der Waals surface area contributed by atoms with Gasteiger partial charge in [-0.1, -0.05) is 11.8 Å². The van der Waals surface area contributed by atoms with Crippen molar-refractivity contribution in [1.29, 1.82) is 5.26 Å². The Morgan fingerprint density at radius 3 is 3.00 bits per heavy atom. The van der Waals surface area contributed by atoms with E-state index in [2.05, 4.69) is 10.3 Å². The molecule has 17 heavy (non-hydrogen) atoms. The van der Waals surface area contributed by atoms with Crippen molar-refractivity contribution in [3.05, 3.63) is 23.9 Å². The molecule has 5 nitrogen and oxygen atoms in total. The Morgan fingerprint density at radius 1 is 1.71 bits per heavy atom. The SMILES string of the molecule is N#Cc1ccnc(SC2(CC(=O)O)CNC2)c1. The summed E-state index contributed by atoms with van der Waals surface area (Å²) in [4.78, 5) is 15.0. The van der Waals surface area contributed by atoms with E-state index in [4.69, 9.17) is 10.4 Å². The van der Waals surface area contributed by atoms with Crippen LogP contribution >= 0.6 is 11.8 Å². The van der Waals surface area contributed by atoms with Crippen molar-refractivity contribution in [2.24, 2.45) is 0 Å². The second-order valence-electron chi connectivity index (χ2n) is 3.95. The van der Waals surface area contributed by atoms with Crippen molar-refractivity contribution in [2.75, 3.05) is 13.1 Å². The fraction of sp³-hybridized carbons (Fsp3) is 0.364. The lowest BCUT2D eigenvalue weighted by molar-refractivity contribution is -0.138. The summed E-state index contributed by atoms with van der Waals surface area (Å²) in [6.07, 6.45) is 1.67. The summed E-state index contributed by atoms with van der Waals surface area (Å²) in [5.74, 6) is -0.810. The molecule has 1 aromatic rings. The van der Waals surface area contributed by atoms with Crippen LogP contribution in [0.15, 0.2) is 23.4 Å². The predicted octanol–water partition coefficient (Wildman–Crippen LogP) is 0.862. The molecule has 88 valence electrons. The molecule has 6 heteroatoms. The molecular weight excluding hydrogens is 238 g/mol. The Morgan fingerprint density at radius 2 is 2.47 bits per heavy atom. The molecule has 0 bridgehead atoms. The molecule has 1 aliphatic heterocycles. The van der Waals surface area contributed by atoms with Crippen LogP contribution in [0.4, 0.5) is 0 Å². The molecule has 0 saturated carbocycles. The van der Waals surface area contributed by atoms with Gasteiger partial charge in [-0.05, 0) is 12.1 Å². The normalized spacial score (nSPS) is 16.9. The first kappa shape index (κ1) is 11.9. The average Bonchev–Trinajstić information content (AvgIpc) is 2.26. The Hall–Kier alpha value is -1.58. The van der Waals surface area contributed by atoms with E-state index in [1.807, 2.05) is 6.07 Å². The second-order valence-corrected chi connectivity index (χ2v) is 5.44. The third-order valence-corrected chi connectivity index (χ3v) is 3.85. The number of hydrogen-bond donors (Lipinski definition) is 2. The highest BCUT2D eigenvalue weighted by Gasteiger charge is 2.40. The maximum atomic E-state index is 10.8. The van der Waals surface area contributed by atoms with Crippen LogP contribution in [-0.4, -0.2) is 33.9 Å². The van der Waals surface area contributed by atoms with Crippen LogP contribution in [0.3, 0.4) is 0 Å². The molecule has 1 fully saturated rings. The lowest BCUT2D eigenvalue weighted by atomic mass is 9.98. The molecule has 1 aromatic heterocycles. The minimum atomic E-state index is -0.810. The lowest BCUT2D eigenvalue weighted by Crippen LogP contribution is -2.58. The molecule has 0 atom stereocenters. The number of nitrogens with zero attached hydrogens (tertiary/aromatic N) is 2. The third-order valence-electron chi connectivity index (χ3n) is 2.55. The maximum Gasteiger partial charge on any atom is 0.304 e. The summed E-state index contributed by atoms with van der Waals surface area (Å²) in [5.41, 5.74) is 0.542. The van der Waals surface area contributed by atoms with Gasteiger partial charge in [0.05, 0.1) is 27.8 Å². The fourth-order valence-electron chi connectivity index (χ4n) is 1.67. The van der Waals surface area contributed by atoms with Crippen LogP contribution in [0.25, 0.3) is 0 Å². The topological polar surface area (TPSA) is 86.0 Å². The minimum absolute atomic E-state index is 0.100. The number of rotatable bonds is 4. The Kier molecular flexibility index (Phi) is 3.31. The van der Waals surface area contributed by atoms with Gasteiger partial charge >= 0.3 is 5.97 Å². The number of carboxylic acids is 1. The summed E-state index contributed by atoms with van der Waals surface area (Å²) in [5, 5.41) is 21.4. The van der Waals surface area contributed by atoms with Crippen molar-refractivity contribution in [3.63, 3.8) is 0 Å². The van der Waals surface area contributed by atoms with Crippen LogP contribution in [0.1, 0.15) is 12.0 Å². The van der Waals surface area contributed by atoms with Gasteiger partial charge in [0.15, 0.2) is 0 Å². The van der Waals surface area contributed by atoms with Crippen molar-refractivity contribution in [1.82, 2.24) is 10.3 Å². The molecule has 0 radical (unpaired) electrons. The molecule has 1 aliphatic rings. The zero-order valence-corrected chi connectivity index (χ0v) is 9.83. The van der Waals surface area contributed by atoms with Crippen LogP contribution in [0, 0.1) is 11.3 Å². The van der Waals surface area contributed by atoms with Gasteiger partial charge in [-0.2, -0.15) is 5.26 Å². The van der Waals surface area contributed by atoms with E-state index in [1.165, 1.54) is 11.8 Å². The first-order chi connectivity index (χ1) is 8.13. The fourth-order valence-corrected chi connectivity index (χ4v) is 2.96. The predicted molar refractivity (Wildman–Crippen MR) is 62.7 cm³/mol. The molecule has 2 heterocycles. The molecule has 0 spiro atoms. The zero-order chi connectivity index (χ0) is 12.3. The van der Waals surface area contributed by atoms with E-state index in [-0.39, 0.29) is 11.2 Å². The molecule has 0 aromatic carbocycles.